The molecule has 0 saturated carbocycles. The lowest BCUT2D eigenvalue weighted by Crippen LogP contribution is -2.12. The Balaban J connectivity index is 2.14. The Morgan fingerprint density at radius 1 is 1.30 bits per heavy atom. The first kappa shape index (κ1) is 15.5. The van der Waals surface area contributed by atoms with Crippen molar-refractivity contribution in [3.05, 3.63) is 29.0 Å². The van der Waals surface area contributed by atoms with E-state index in [0.717, 1.165) is 16.8 Å². The van der Waals surface area contributed by atoms with Gasteiger partial charge < -0.3 is 19.9 Å². The summed E-state index contributed by atoms with van der Waals surface area (Å²) in [6.07, 6.45) is 0. The molecule has 23 heavy (non-hydrogen) atoms. The van der Waals surface area contributed by atoms with E-state index in [2.05, 4.69) is 15.5 Å². The number of phenols is 1. The van der Waals surface area contributed by atoms with E-state index in [9.17, 15) is 9.90 Å². The molecule has 1 atom stereocenters. The molecule has 1 aliphatic rings. The van der Waals surface area contributed by atoms with Crippen molar-refractivity contribution < 1.29 is 19.4 Å². The Hall–Kier alpha value is -2.35. The number of nitrogens with zero attached hydrogens (tertiary/aromatic N) is 1. The van der Waals surface area contributed by atoms with Crippen LogP contribution in [0.5, 0.6) is 17.2 Å². The van der Waals surface area contributed by atoms with Crippen LogP contribution in [0.2, 0.25) is 0 Å². The summed E-state index contributed by atoms with van der Waals surface area (Å²) in [5.74, 6) is 1.36. The van der Waals surface area contributed by atoms with Gasteiger partial charge in [-0.2, -0.15) is 5.10 Å². The van der Waals surface area contributed by atoms with Crippen molar-refractivity contribution in [2.24, 2.45) is 0 Å². The topological polar surface area (TPSA) is 96.5 Å². The zero-order chi connectivity index (χ0) is 16.6. The van der Waals surface area contributed by atoms with E-state index in [0.29, 0.717) is 23.1 Å². The molecule has 1 aromatic carbocycles. The largest absolute Gasteiger partial charge is 0.502 e. The first-order chi connectivity index (χ1) is 11.0. The number of carbonyl (C=O) groups is 1. The second-order valence-corrected chi connectivity index (χ2v) is 6.22. The number of aromatic amines is 1. The van der Waals surface area contributed by atoms with E-state index < -0.39 is 0 Å². The molecule has 1 aromatic heterocycles. The lowest BCUT2D eigenvalue weighted by Gasteiger charge is -2.18. The number of anilines is 1. The van der Waals surface area contributed by atoms with Gasteiger partial charge in [-0.1, -0.05) is 0 Å². The standard InChI is InChI=1S/C15H17N3O4S/c1-7-12-14(23-6-11(19)16-15(12)18-17-7)8-4-9(21-2)13(20)10(5-8)22-3/h4-5,14,20H,6H2,1-3H3,(H2,16,17,18,19)/t14-/m0/s1. The number of rotatable bonds is 3. The highest BCUT2D eigenvalue weighted by molar-refractivity contribution is 8.00. The number of fused-ring (bicyclic) bond motifs is 1. The monoisotopic (exact) mass is 335 g/mol. The number of amides is 1. The molecule has 2 aromatic rings. The summed E-state index contributed by atoms with van der Waals surface area (Å²) in [5, 5.41) is 19.8. The second kappa shape index (κ2) is 6.04. The van der Waals surface area contributed by atoms with Gasteiger partial charge in [-0.25, -0.2) is 0 Å². The molecule has 2 heterocycles. The number of H-pyrrole nitrogens is 1. The van der Waals surface area contributed by atoms with Crippen LogP contribution >= 0.6 is 11.8 Å². The molecule has 122 valence electrons. The molecule has 0 fully saturated rings. The number of aryl methyl sites for hydroxylation is 1. The number of thioether (sulfide) groups is 1. The zero-order valence-corrected chi connectivity index (χ0v) is 13.8. The summed E-state index contributed by atoms with van der Waals surface area (Å²) in [5.41, 5.74) is 2.66. The third kappa shape index (κ3) is 2.70. The molecule has 1 amide bonds. The van der Waals surface area contributed by atoms with E-state index >= 15 is 0 Å². The molecule has 0 radical (unpaired) electrons. The van der Waals surface area contributed by atoms with Crippen molar-refractivity contribution in [3.63, 3.8) is 0 Å². The summed E-state index contributed by atoms with van der Waals surface area (Å²) in [6, 6.07) is 3.50. The fraction of sp³-hybridized carbons (Fsp3) is 0.333. The van der Waals surface area contributed by atoms with Crippen LogP contribution in [0.1, 0.15) is 22.1 Å². The smallest absolute Gasteiger partial charge is 0.235 e. The lowest BCUT2D eigenvalue weighted by molar-refractivity contribution is -0.113. The minimum Gasteiger partial charge on any atom is -0.502 e. The minimum absolute atomic E-state index is 0.0456. The zero-order valence-electron chi connectivity index (χ0n) is 13.0. The predicted octanol–water partition coefficient (Wildman–Crippen LogP) is 2.22. The van der Waals surface area contributed by atoms with Crippen LogP contribution in [0, 0.1) is 6.92 Å². The summed E-state index contributed by atoms with van der Waals surface area (Å²) in [4.78, 5) is 11.9. The third-order valence-electron chi connectivity index (χ3n) is 3.70. The highest BCUT2D eigenvalue weighted by atomic mass is 32.2. The van der Waals surface area contributed by atoms with Gasteiger partial charge in [0.2, 0.25) is 11.7 Å². The van der Waals surface area contributed by atoms with Gasteiger partial charge in [0.15, 0.2) is 17.3 Å². The van der Waals surface area contributed by atoms with Crippen LogP contribution in [0.3, 0.4) is 0 Å². The van der Waals surface area contributed by atoms with Crippen molar-refractivity contribution >= 4 is 23.5 Å². The quantitative estimate of drug-likeness (QED) is 0.796. The Bertz CT molecular complexity index is 734. The van der Waals surface area contributed by atoms with Gasteiger partial charge >= 0.3 is 0 Å². The SMILES string of the molecule is COc1cc([C@@H]2SCC(=O)Nc3n[nH]c(C)c32)cc(OC)c1O. The highest BCUT2D eigenvalue weighted by Gasteiger charge is 2.29. The maximum absolute atomic E-state index is 11.9. The Morgan fingerprint density at radius 3 is 2.57 bits per heavy atom. The van der Waals surface area contributed by atoms with Gasteiger partial charge in [0.25, 0.3) is 0 Å². The predicted molar refractivity (Wildman–Crippen MR) is 87.5 cm³/mol. The molecule has 0 saturated heterocycles. The minimum atomic E-state index is -0.133. The number of methoxy groups -OCH3 is 2. The summed E-state index contributed by atoms with van der Waals surface area (Å²) in [6.45, 7) is 1.91. The molecule has 0 bridgehead atoms. The normalized spacial score (nSPS) is 17.2. The van der Waals surface area contributed by atoms with Crippen molar-refractivity contribution in [1.29, 1.82) is 0 Å². The summed E-state index contributed by atoms with van der Waals surface area (Å²) < 4.78 is 10.5. The van der Waals surface area contributed by atoms with Crippen molar-refractivity contribution in [1.82, 2.24) is 10.2 Å². The molecule has 0 unspecified atom stereocenters. The average Bonchev–Trinajstić information content (AvgIpc) is 2.80. The lowest BCUT2D eigenvalue weighted by atomic mass is 10.0. The fourth-order valence-electron chi connectivity index (χ4n) is 2.59. The Morgan fingerprint density at radius 2 is 1.96 bits per heavy atom. The summed E-state index contributed by atoms with van der Waals surface area (Å²) in [7, 11) is 2.97. The number of nitrogens with one attached hydrogen (secondary N) is 2. The number of aromatic nitrogens is 2. The fourth-order valence-corrected chi connectivity index (χ4v) is 3.77. The van der Waals surface area contributed by atoms with Gasteiger partial charge in [-0.15, -0.1) is 11.8 Å². The molecular formula is C15H17N3O4S. The van der Waals surface area contributed by atoms with Gasteiger partial charge in [0, 0.05) is 11.3 Å². The van der Waals surface area contributed by atoms with Crippen LogP contribution in [0.25, 0.3) is 0 Å². The molecule has 7 nitrogen and oxygen atoms in total. The molecule has 3 rings (SSSR count). The molecule has 0 spiro atoms. The van der Waals surface area contributed by atoms with Gasteiger partial charge in [-0.05, 0) is 24.6 Å². The number of aromatic hydroxyl groups is 1. The van der Waals surface area contributed by atoms with Gasteiger partial charge in [0.05, 0.1) is 25.2 Å². The van der Waals surface area contributed by atoms with Crippen LogP contribution in [-0.2, 0) is 4.79 Å². The number of hydrogen-bond acceptors (Lipinski definition) is 6. The van der Waals surface area contributed by atoms with Crippen LogP contribution in [-0.4, -0.2) is 41.2 Å². The average molecular weight is 335 g/mol. The van der Waals surface area contributed by atoms with E-state index in [1.54, 1.807) is 12.1 Å². The third-order valence-corrected chi connectivity index (χ3v) is 4.97. The van der Waals surface area contributed by atoms with Crippen LogP contribution < -0.4 is 14.8 Å². The second-order valence-electron chi connectivity index (χ2n) is 5.12. The first-order valence-corrected chi connectivity index (χ1v) is 8.01. The summed E-state index contributed by atoms with van der Waals surface area (Å²) >= 11 is 1.49. The number of benzene rings is 1. The Labute approximate surface area is 137 Å². The number of ether oxygens (including phenoxy) is 2. The van der Waals surface area contributed by atoms with Crippen LogP contribution in [0.4, 0.5) is 5.82 Å². The number of phenolic OH excluding ortho intramolecular Hbond substituents is 1. The first-order valence-electron chi connectivity index (χ1n) is 6.96. The molecule has 1 aliphatic heterocycles. The van der Waals surface area contributed by atoms with Gasteiger partial charge in [-0.3, -0.25) is 9.89 Å². The van der Waals surface area contributed by atoms with Crippen LogP contribution in [0.15, 0.2) is 12.1 Å². The van der Waals surface area contributed by atoms with E-state index in [1.165, 1.54) is 26.0 Å². The van der Waals surface area contributed by atoms with Crippen molar-refractivity contribution in [2.45, 2.75) is 12.2 Å². The number of hydrogen-bond donors (Lipinski definition) is 3. The maximum atomic E-state index is 11.9. The Kier molecular flexibility index (Phi) is 4.08. The van der Waals surface area contributed by atoms with Gasteiger partial charge in [0.1, 0.15) is 0 Å². The van der Waals surface area contributed by atoms with Crippen molar-refractivity contribution in [2.75, 3.05) is 25.3 Å². The van der Waals surface area contributed by atoms with E-state index in [4.69, 9.17) is 9.47 Å². The molecular weight excluding hydrogens is 318 g/mol. The highest BCUT2D eigenvalue weighted by Crippen LogP contribution is 2.46. The molecule has 3 N–H and O–H groups in total. The van der Waals surface area contributed by atoms with Crippen molar-refractivity contribution in [3.8, 4) is 17.2 Å². The van der Waals surface area contributed by atoms with E-state index in [1.807, 2.05) is 6.92 Å². The van der Waals surface area contributed by atoms with E-state index in [-0.39, 0.29) is 16.9 Å². The maximum Gasteiger partial charge on any atom is 0.235 e. The molecule has 0 aliphatic carbocycles. The number of carbonyl (C=O) groups excluding carboxylic acids is 1. The molecule has 8 heteroatoms.